The second-order valence-electron chi connectivity index (χ2n) is 3.86. The fourth-order valence-corrected chi connectivity index (χ4v) is 1.79. The lowest BCUT2D eigenvalue weighted by molar-refractivity contribution is -0.387. The van der Waals surface area contributed by atoms with Crippen molar-refractivity contribution < 1.29 is 23.2 Å². The summed E-state index contributed by atoms with van der Waals surface area (Å²) in [5, 5.41) is 10.6. The predicted molar refractivity (Wildman–Crippen MR) is 69.9 cm³/mol. The van der Waals surface area contributed by atoms with Gasteiger partial charge < -0.3 is 4.74 Å². The minimum atomic E-state index is -1.26. The van der Waals surface area contributed by atoms with E-state index in [-0.39, 0.29) is 16.3 Å². The van der Waals surface area contributed by atoms with E-state index in [1.807, 2.05) is 0 Å². The first-order chi connectivity index (χ1) is 9.93. The van der Waals surface area contributed by atoms with Gasteiger partial charge in [0.25, 0.3) is 0 Å². The molecule has 0 saturated carbocycles. The predicted octanol–water partition coefficient (Wildman–Crippen LogP) is 4.13. The van der Waals surface area contributed by atoms with Crippen molar-refractivity contribution in [1.82, 2.24) is 0 Å². The Balaban J connectivity index is 2.46. The number of carbonyl (C=O) groups excluding carboxylic acids is 1. The van der Waals surface area contributed by atoms with Crippen LogP contribution in [0.1, 0.15) is 10.4 Å². The van der Waals surface area contributed by atoms with Gasteiger partial charge in [0.1, 0.15) is 5.75 Å². The van der Waals surface area contributed by atoms with E-state index >= 15 is 0 Å². The highest BCUT2D eigenvalue weighted by molar-refractivity contribution is 6.33. The molecule has 0 N–H and O–H groups in total. The summed E-state index contributed by atoms with van der Waals surface area (Å²) in [7, 11) is 0. The van der Waals surface area contributed by atoms with E-state index in [1.54, 1.807) is 0 Å². The molecular formula is C13H6ClF2NO4. The summed E-state index contributed by atoms with van der Waals surface area (Å²) >= 11 is 5.77. The number of nitrogens with zero attached hydrogens (tertiary/aromatic N) is 1. The van der Waals surface area contributed by atoms with Gasteiger partial charge in [-0.25, -0.2) is 4.39 Å². The van der Waals surface area contributed by atoms with Gasteiger partial charge >= 0.3 is 5.69 Å². The summed E-state index contributed by atoms with van der Waals surface area (Å²) in [6.07, 6.45) is 0.400. The Morgan fingerprint density at radius 1 is 1.19 bits per heavy atom. The summed E-state index contributed by atoms with van der Waals surface area (Å²) in [6, 6.07) is 5.13. The fourth-order valence-electron chi connectivity index (χ4n) is 1.58. The molecule has 0 amide bonds. The summed E-state index contributed by atoms with van der Waals surface area (Å²) in [6.45, 7) is 0. The molecule has 0 atom stereocenters. The van der Waals surface area contributed by atoms with Gasteiger partial charge in [0.2, 0.25) is 5.82 Å². The lowest BCUT2D eigenvalue weighted by Crippen LogP contribution is -1.98. The van der Waals surface area contributed by atoms with Crippen molar-refractivity contribution in [2.45, 2.75) is 0 Å². The van der Waals surface area contributed by atoms with Crippen molar-refractivity contribution in [3.8, 4) is 11.5 Å². The summed E-state index contributed by atoms with van der Waals surface area (Å²) in [5.41, 5.74) is -1.06. The minimum Gasteiger partial charge on any atom is -0.453 e. The molecule has 0 radical (unpaired) electrons. The summed E-state index contributed by atoms with van der Waals surface area (Å²) in [4.78, 5) is 20.3. The SMILES string of the molecule is O=Cc1c(Cl)cccc1Oc1cc(F)c([N+](=O)[O-])cc1F. The highest BCUT2D eigenvalue weighted by Gasteiger charge is 2.20. The normalized spacial score (nSPS) is 10.2. The van der Waals surface area contributed by atoms with E-state index < -0.39 is 28.0 Å². The maximum Gasteiger partial charge on any atom is 0.307 e. The number of hydrogen-bond acceptors (Lipinski definition) is 4. The fraction of sp³-hybridized carbons (Fsp3) is 0. The first kappa shape index (κ1) is 14.9. The van der Waals surface area contributed by atoms with Crippen molar-refractivity contribution >= 4 is 23.6 Å². The number of rotatable bonds is 4. The lowest BCUT2D eigenvalue weighted by Gasteiger charge is -2.09. The van der Waals surface area contributed by atoms with E-state index in [4.69, 9.17) is 16.3 Å². The standard InChI is InChI=1S/C13H6ClF2NO4/c14-8-2-1-3-12(7(8)6-18)21-13-5-9(15)11(17(19)20)4-10(13)16/h1-6H. The van der Waals surface area contributed by atoms with Crippen LogP contribution in [0, 0.1) is 21.7 Å². The first-order valence-corrected chi connectivity index (χ1v) is 5.87. The Labute approximate surface area is 121 Å². The van der Waals surface area contributed by atoms with Crippen LogP contribution < -0.4 is 4.74 Å². The molecular weight excluding hydrogens is 308 g/mol. The molecule has 21 heavy (non-hydrogen) atoms. The monoisotopic (exact) mass is 313 g/mol. The number of carbonyl (C=O) groups is 1. The molecule has 0 bridgehead atoms. The zero-order chi connectivity index (χ0) is 15.6. The third-order valence-electron chi connectivity index (χ3n) is 2.55. The van der Waals surface area contributed by atoms with Gasteiger partial charge in [-0.05, 0) is 12.1 Å². The zero-order valence-corrected chi connectivity index (χ0v) is 10.9. The molecule has 0 aliphatic carbocycles. The number of aldehydes is 1. The van der Waals surface area contributed by atoms with Gasteiger partial charge in [-0.15, -0.1) is 0 Å². The number of benzene rings is 2. The van der Waals surface area contributed by atoms with Gasteiger partial charge in [0, 0.05) is 6.07 Å². The average Bonchev–Trinajstić information content (AvgIpc) is 2.42. The quantitative estimate of drug-likeness (QED) is 0.483. The molecule has 108 valence electrons. The smallest absolute Gasteiger partial charge is 0.307 e. The molecule has 0 heterocycles. The van der Waals surface area contributed by atoms with Crippen molar-refractivity contribution in [2.24, 2.45) is 0 Å². The molecule has 0 aliphatic rings. The van der Waals surface area contributed by atoms with E-state index in [0.29, 0.717) is 18.4 Å². The number of ether oxygens (including phenoxy) is 1. The Morgan fingerprint density at radius 3 is 2.52 bits per heavy atom. The van der Waals surface area contributed by atoms with Crippen molar-refractivity contribution in [3.63, 3.8) is 0 Å². The van der Waals surface area contributed by atoms with Gasteiger partial charge in [-0.3, -0.25) is 14.9 Å². The molecule has 0 aliphatic heterocycles. The number of hydrogen-bond donors (Lipinski definition) is 0. The molecule has 2 aromatic carbocycles. The number of halogens is 3. The van der Waals surface area contributed by atoms with Crippen LogP contribution in [0.15, 0.2) is 30.3 Å². The Kier molecular flexibility index (Phi) is 4.13. The molecule has 2 aromatic rings. The molecule has 5 nitrogen and oxygen atoms in total. The van der Waals surface area contributed by atoms with E-state index in [9.17, 15) is 23.7 Å². The van der Waals surface area contributed by atoms with Crippen LogP contribution in [0.5, 0.6) is 11.5 Å². The van der Waals surface area contributed by atoms with Crippen LogP contribution in [-0.4, -0.2) is 11.2 Å². The second kappa shape index (κ2) is 5.84. The maximum absolute atomic E-state index is 13.7. The minimum absolute atomic E-state index is 0.0441. The van der Waals surface area contributed by atoms with Gasteiger partial charge in [-0.2, -0.15) is 4.39 Å². The molecule has 2 rings (SSSR count). The van der Waals surface area contributed by atoms with Crippen molar-refractivity contribution in [3.05, 3.63) is 62.7 Å². The first-order valence-electron chi connectivity index (χ1n) is 5.49. The summed E-state index contributed by atoms with van der Waals surface area (Å²) < 4.78 is 32.2. The topological polar surface area (TPSA) is 69.4 Å². The van der Waals surface area contributed by atoms with Gasteiger partial charge in [-0.1, -0.05) is 17.7 Å². The van der Waals surface area contributed by atoms with E-state index in [2.05, 4.69) is 0 Å². The third kappa shape index (κ3) is 2.97. The zero-order valence-electron chi connectivity index (χ0n) is 10.2. The Hall–Kier alpha value is -2.54. The van der Waals surface area contributed by atoms with Crippen LogP contribution in [-0.2, 0) is 0 Å². The third-order valence-corrected chi connectivity index (χ3v) is 2.88. The highest BCUT2D eigenvalue weighted by atomic mass is 35.5. The van der Waals surface area contributed by atoms with Gasteiger partial charge in [0.05, 0.1) is 21.6 Å². The van der Waals surface area contributed by atoms with Crippen molar-refractivity contribution in [2.75, 3.05) is 0 Å². The van der Waals surface area contributed by atoms with Crippen molar-refractivity contribution in [1.29, 1.82) is 0 Å². The molecule has 0 spiro atoms. The maximum atomic E-state index is 13.7. The highest BCUT2D eigenvalue weighted by Crippen LogP contribution is 2.33. The van der Waals surface area contributed by atoms with Crippen LogP contribution in [0.2, 0.25) is 5.02 Å². The largest absolute Gasteiger partial charge is 0.453 e. The lowest BCUT2D eigenvalue weighted by atomic mass is 10.2. The van der Waals surface area contributed by atoms with Crippen LogP contribution in [0.3, 0.4) is 0 Å². The van der Waals surface area contributed by atoms with Crippen LogP contribution >= 0.6 is 11.6 Å². The van der Waals surface area contributed by atoms with Crippen LogP contribution in [0.25, 0.3) is 0 Å². The number of nitro groups is 1. The molecule has 8 heteroatoms. The van der Waals surface area contributed by atoms with E-state index in [1.165, 1.54) is 18.2 Å². The molecule has 0 aromatic heterocycles. The summed E-state index contributed by atoms with van der Waals surface area (Å²) in [5.74, 6) is -3.08. The second-order valence-corrected chi connectivity index (χ2v) is 4.27. The Morgan fingerprint density at radius 2 is 1.90 bits per heavy atom. The van der Waals surface area contributed by atoms with Crippen LogP contribution in [0.4, 0.5) is 14.5 Å². The van der Waals surface area contributed by atoms with Gasteiger partial charge in [0.15, 0.2) is 17.9 Å². The molecule has 0 fully saturated rings. The Bertz CT molecular complexity index is 736. The number of nitro benzene ring substituents is 1. The van der Waals surface area contributed by atoms with E-state index in [0.717, 1.165) is 0 Å². The molecule has 0 saturated heterocycles. The molecule has 0 unspecified atom stereocenters. The average molecular weight is 314 g/mol.